The molecule has 8 heteroatoms. The fourth-order valence-corrected chi connectivity index (χ4v) is 2.13. The number of methoxy groups -OCH3 is 1. The van der Waals surface area contributed by atoms with Crippen molar-refractivity contribution < 1.29 is 37.3 Å². The number of carboxylic acids is 1. The number of ether oxygens (including phenoxy) is 2. The summed E-state index contributed by atoms with van der Waals surface area (Å²) in [6, 6.07) is 8.60. The SMILES string of the molecule is COc1cc(C(=O)C=Cc2ccc(C(F)(F)F)cc2)ccc1OCC(=O)O. The van der Waals surface area contributed by atoms with Gasteiger partial charge in [-0.2, -0.15) is 13.2 Å². The number of ketones is 1. The second kappa shape index (κ2) is 8.39. The van der Waals surface area contributed by atoms with Crippen LogP contribution in [0.25, 0.3) is 6.08 Å². The molecule has 27 heavy (non-hydrogen) atoms. The van der Waals surface area contributed by atoms with Crippen LogP contribution in [-0.2, 0) is 11.0 Å². The van der Waals surface area contributed by atoms with Crippen LogP contribution in [0.3, 0.4) is 0 Å². The van der Waals surface area contributed by atoms with E-state index in [1.54, 1.807) is 0 Å². The number of carbonyl (C=O) groups excluding carboxylic acids is 1. The lowest BCUT2D eigenvalue weighted by Gasteiger charge is -2.10. The lowest BCUT2D eigenvalue weighted by molar-refractivity contribution is -0.139. The average molecular weight is 380 g/mol. The van der Waals surface area contributed by atoms with E-state index in [0.717, 1.165) is 12.1 Å². The van der Waals surface area contributed by atoms with Gasteiger partial charge < -0.3 is 14.6 Å². The van der Waals surface area contributed by atoms with Crippen LogP contribution in [0.15, 0.2) is 48.5 Å². The van der Waals surface area contributed by atoms with Crippen LogP contribution in [0, 0.1) is 0 Å². The Bertz CT molecular complexity index is 855. The molecular formula is C19H15F3O5. The molecular weight excluding hydrogens is 365 g/mol. The van der Waals surface area contributed by atoms with Gasteiger partial charge in [-0.15, -0.1) is 0 Å². The van der Waals surface area contributed by atoms with Gasteiger partial charge in [-0.05, 0) is 42.0 Å². The lowest BCUT2D eigenvalue weighted by atomic mass is 10.1. The minimum atomic E-state index is -4.42. The fourth-order valence-electron chi connectivity index (χ4n) is 2.13. The summed E-state index contributed by atoms with van der Waals surface area (Å²) in [6.45, 7) is -0.558. The third-order valence-corrected chi connectivity index (χ3v) is 3.46. The number of halogens is 3. The van der Waals surface area contributed by atoms with Crippen molar-refractivity contribution >= 4 is 17.8 Å². The zero-order valence-corrected chi connectivity index (χ0v) is 14.1. The molecule has 0 atom stereocenters. The highest BCUT2D eigenvalue weighted by Crippen LogP contribution is 2.30. The number of rotatable bonds is 7. The van der Waals surface area contributed by atoms with Gasteiger partial charge in [0.1, 0.15) is 0 Å². The first-order chi connectivity index (χ1) is 12.7. The number of allylic oxidation sites excluding steroid dienone is 1. The molecule has 0 unspecified atom stereocenters. The molecule has 2 aromatic carbocycles. The first-order valence-electron chi connectivity index (χ1n) is 7.63. The Morgan fingerprint density at radius 1 is 1.07 bits per heavy atom. The molecule has 0 spiro atoms. The fraction of sp³-hybridized carbons (Fsp3) is 0.158. The zero-order chi connectivity index (χ0) is 20.0. The van der Waals surface area contributed by atoms with Gasteiger partial charge in [0.15, 0.2) is 23.9 Å². The minimum absolute atomic E-state index is 0.170. The Hall–Kier alpha value is -3.29. The van der Waals surface area contributed by atoms with Crippen LogP contribution in [0.2, 0.25) is 0 Å². The van der Waals surface area contributed by atoms with Crippen molar-refractivity contribution in [1.82, 2.24) is 0 Å². The standard InChI is InChI=1S/C19H15F3O5/c1-26-17-10-13(5-9-16(17)27-11-18(24)25)15(23)8-4-12-2-6-14(7-3-12)19(20,21)22/h2-10H,11H2,1H3,(H,24,25). The van der Waals surface area contributed by atoms with Crippen LogP contribution in [0.4, 0.5) is 13.2 Å². The average Bonchev–Trinajstić information content (AvgIpc) is 2.63. The van der Waals surface area contributed by atoms with E-state index in [4.69, 9.17) is 14.6 Å². The van der Waals surface area contributed by atoms with Crippen LogP contribution < -0.4 is 9.47 Å². The molecule has 0 aliphatic carbocycles. The molecule has 142 valence electrons. The molecule has 0 aromatic heterocycles. The van der Waals surface area contributed by atoms with Crippen molar-refractivity contribution in [2.75, 3.05) is 13.7 Å². The van der Waals surface area contributed by atoms with E-state index < -0.39 is 30.1 Å². The summed E-state index contributed by atoms with van der Waals surface area (Å²) in [5.74, 6) is -1.21. The van der Waals surface area contributed by atoms with E-state index in [1.165, 1.54) is 49.6 Å². The number of carbonyl (C=O) groups is 2. The number of hydrogen-bond donors (Lipinski definition) is 1. The topological polar surface area (TPSA) is 72.8 Å². The number of carboxylic acid groups (broad SMARTS) is 1. The first kappa shape index (κ1) is 20.0. The number of aliphatic carboxylic acids is 1. The van der Waals surface area contributed by atoms with Crippen molar-refractivity contribution in [2.45, 2.75) is 6.18 Å². The third kappa shape index (κ3) is 5.60. The largest absolute Gasteiger partial charge is 0.493 e. The maximum Gasteiger partial charge on any atom is 0.416 e. The molecule has 2 rings (SSSR count). The maximum atomic E-state index is 12.5. The van der Waals surface area contributed by atoms with Crippen LogP contribution >= 0.6 is 0 Å². The molecule has 0 aliphatic heterocycles. The van der Waals surface area contributed by atoms with Crippen LogP contribution in [-0.4, -0.2) is 30.6 Å². The predicted molar refractivity (Wildman–Crippen MR) is 90.9 cm³/mol. The van der Waals surface area contributed by atoms with Crippen molar-refractivity contribution in [3.63, 3.8) is 0 Å². The highest BCUT2D eigenvalue weighted by Gasteiger charge is 2.29. The van der Waals surface area contributed by atoms with E-state index in [0.29, 0.717) is 5.56 Å². The molecule has 0 aliphatic rings. The van der Waals surface area contributed by atoms with Gasteiger partial charge >= 0.3 is 12.1 Å². The Labute approximate surface area is 152 Å². The van der Waals surface area contributed by atoms with E-state index in [9.17, 15) is 22.8 Å². The highest BCUT2D eigenvalue weighted by molar-refractivity contribution is 6.07. The summed E-state index contributed by atoms with van der Waals surface area (Å²) < 4.78 is 47.7. The van der Waals surface area contributed by atoms with Gasteiger partial charge in [-0.3, -0.25) is 4.79 Å². The van der Waals surface area contributed by atoms with E-state index in [1.807, 2.05) is 0 Å². The van der Waals surface area contributed by atoms with Gasteiger partial charge in [0.05, 0.1) is 12.7 Å². The zero-order valence-electron chi connectivity index (χ0n) is 14.1. The number of benzene rings is 2. The van der Waals surface area contributed by atoms with E-state index in [2.05, 4.69) is 0 Å². The third-order valence-electron chi connectivity index (χ3n) is 3.46. The summed E-state index contributed by atoms with van der Waals surface area (Å²) in [6.07, 6.45) is -1.81. The van der Waals surface area contributed by atoms with Crippen molar-refractivity contribution in [3.05, 3.63) is 65.2 Å². The van der Waals surface area contributed by atoms with Gasteiger partial charge in [0.2, 0.25) is 0 Å². The van der Waals surface area contributed by atoms with Gasteiger partial charge in [-0.25, -0.2) is 4.79 Å². The molecule has 0 saturated carbocycles. The molecule has 0 bridgehead atoms. The second-order valence-electron chi connectivity index (χ2n) is 5.37. The van der Waals surface area contributed by atoms with Crippen molar-refractivity contribution in [3.8, 4) is 11.5 Å². The Morgan fingerprint density at radius 2 is 1.74 bits per heavy atom. The summed E-state index contributed by atoms with van der Waals surface area (Å²) in [4.78, 5) is 22.8. The van der Waals surface area contributed by atoms with Crippen molar-refractivity contribution in [1.29, 1.82) is 0 Å². The highest BCUT2D eigenvalue weighted by atomic mass is 19.4. The molecule has 0 fully saturated rings. The van der Waals surface area contributed by atoms with Crippen molar-refractivity contribution in [2.24, 2.45) is 0 Å². The second-order valence-corrected chi connectivity index (χ2v) is 5.37. The Kier molecular flexibility index (Phi) is 6.23. The molecule has 1 N–H and O–H groups in total. The summed E-state index contributed by atoms with van der Waals surface area (Å²) in [5, 5.41) is 8.63. The van der Waals surface area contributed by atoms with Crippen LogP contribution in [0.5, 0.6) is 11.5 Å². The quantitative estimate of drug-likeness (QED) is 0.579. The lowest BCUT2D eigenvalue weighted by Crippen LogP contribution is -2.10. The van der Waals surface area contributed by atoms with E-state index >= 15 is 0 Å². The predicted octanol–water partition coefficient (Wildman–Crippen LogP) is 4.07. The smallest absolute Gasteiger partial charge is 0.416 e. The number of hydrogen-bond acceptors (Lipinski definition) is 4. The summed E-state index contributed by atoms with van der Waals surface area (Å²) >= 11 is 0. The molecule has 0 radical (unpaired) electrons. The molecule has 2 aromatic rings. The van der Waals surface area contributed by atoms with Gasteiger partial charge in [0.25, 0.3) is 0 Å². The normalized spacial score (nSPS) is 11.4. The van der Waals surface area contributed by atoms with Gasteiger partial charge in [0, 0.05) is 5.56 Å². The molecule has 5 nitrogen and oxygen atoms in total. The van der Waals surface area contributed by atoms with Gasteiger partial charge in [-0.1, -0.05) is 18.2 Å². The van der Waals surface area contributed by atoms with Crippen LogP contribution in [0.1, 0.15) is 21.5 Å². The Morgan fingerprint density at radius 3 is 2.30 bits per heavy atom. The summed E-state index contributed by atoms with van der Waals surface area (Å²) in [5.41, 5.74) is -0.0879. The molecule has 0 amide bonds. The van der Waals surface area contributed by atoms with E-state index in [-0.39, 0.29) is 17.1 Å². The number of alkyl halides is 3. The minimum Gasteiger partial charge on any atom is -0.493 e. The first-order valence-corrected chi connectivity index (χ1v) is 7.63. The maximum absolute atomic E-state index is 12.5. The molecule has 0 saturated heterocycles. The summed E-state index contributed by atoms with van der Waals surface area (Å²) in [7, 11) is 1.34. The monoisotopic (exact) mass is 380 g/mol. The Balaban J connectivity index is 2.13. The molecule has 0 heterocycles.